The van der Waals surface area contributed by atoms with Crippen molar-refractivity contribution < 1.29 is 33.3 Å². The fourth-order valence-electron chi connectivity index (χ4n) is 4.77. The number of methoxy groups -OCH3 is 2. The Kier molecular flexibility index (Phi) is 30.1. The molecule has 0 bridgehead atoms. The lowest BCUT2D eigenvalue weighted by atomic mass is 10.0. The van der Waals surface area contributed by atoms with Crippen molar-refractivity contribution in [3.05, 3.63) is 0 Å². The summed E-state index contributed by atoms with van der Waals surface area (Å²) in [4.78, 5) is 35.4. The van der Waals surface area contributed by atoms with Gasteiger partial charge in [0.05, 0.1) is 27.4 Å². The second-order valence-corrected chi connectivity index (χ2v) is 14.7. The Balaban J connectivity index is 4.54. The zero-order valence-corrected chi connectivity index (χ0v) is 31.0. The normalized spacial score (nSPS) is 12.3. The molecule has 0 aromatic heterocycles. The number of esters is 2. The first-order valence-corrected chi connectivity index (χ1v) is 19.1. The van der Waals surface area contributed by atoms with Gasteiger partial charge in [0.1, 0.15) is 5.78 Å². The number of rotatable bonds is 28. The van der Waals surface area contributed by atoms with E-state index in [4.69, 9.17) is 43.4 Å². The van der Waals surface area contributed by atoms with Crippen molar-refractivity contribution >= 4 is 74.4 Å². The molecule has 0 aromatic rings. The minimum absolute atomic E-state index is 0.135. The van der Waals surface area contributed by atoms with Crippen LogP contribution in [-0.4, -0.2) is 64.4 Å². The maximum Gasteiger partial charge on any atom is 0.305 e. The van der Waals surface area contributed by atoms with Crippen molar-refractivity contribution in [2.75, 3.05) is 27.4 Å². The van der Waals surface area contributed by atoms with E-state index in [-0.39, 0.29) is 22.4 Å². The Bertz CT molecular complexity index is 732. The molecule has 0 saturated heterocycles. The van der Waals surface area contributed by atoms with Crippen LogP contribution in [0.1, 0.15) is 142 Å². The van der Waals surface area contributed by atoms with Crippen molar-refractivity contribution in [2.24, 2.45) is 0 Å². The van der Waals surface area contributed by atoms with E-state index in [9.17, 15) is 14.4 Å². The van der Waals surface area contributed by atoms with E-state index >= 15 is 0 Å². The molecule has 0 rings (SSSR count). The lowest BCUT2D eigenvalue weighted by Crippen LogP contribution is -2.13. The van der Waals surface area contributed by atoms with Crippen LogP contribution < -0.4 is 0 Å². The first kappa shape index (κ1) is 43.1. The van der Waals surface area contributed by atoms with Gasteiger partial charge in [-0.15, -0.1) is 0 Å². The zero-order valence-electron chi connectivity index (χ0n) is 27.7. The first-order valence-electron chi connectivity index (χ1n) is 16.6. The number of thioether (sulfide) groups is 2. The molecule has 0 aliphatic carbocycles. The number of thiocarbonyl (C=S) groups is 2. The molecule has 0 radical (unpaired) electrons. The van der Waals surface area contributed by atoms with Gasteiger partial charge in [0.25, 0.3) is 0 Å². The molecule has 0 aliphatic heterocycles. The number of carbonyl (C=O) groups excluding carboxylic acids is 3. The molecular formula is C33H58O7S4. The van der Waals surface area contributed by atoms with Gasteiger partial charge in [-0.25, -0.2) is 0 Å². The van der Waals surface area contributed by atoms with Crippen LogP contribution in [0.15, 0.2) is 0 Å². The van der Waals surface area contributed by atoms with Crippen molar-refractivity contribution in [3.63, 3.8) is 0 Å². The average Bonchev–Trinajstić information content (AvgIpc) is 3.00. The van der Waals surface area contributed by atoms with Gasteiger partial charge in [0.15, 0.2) is 0 Å². The monoisotopic (exact) mass is 694 g/mol. The molecule has 0 fully saturated rings. The second-order valence-electron chi connectivity index (χ2n) is 10.9. The van der Waals surface area contributed by atoms with E-state index in [2.05, 4.69) is 0 Å². The minimum Gasteiger partial charge on any atom is -0.479 e. The molecule has 0 N–H and O–H groups in total. The molecule has 0 aliphatic rings. The smallest absolute Gasteiger partial charge is 0.305 e. The Labute approximate surface area is 286 Å². The molecule has 0 aromatic carbocycles. The van der Waals surface area contributed by atoms with Gasteiger partial charge < -0.3 is 18.9 Å². The standard InChI is InChI=1S/C33H58O7S4/c1-5-39-32(41)43-28(19-15-11-7-9-13-17-21-30(35)37-3)25-23-27(34)24-26-29(44-33(42)40-6-2)20-16-12-8-10-14-18-22-31(36)38-4/h28-29H,5-26H2,1-4H3. The summed E-state index contributed by atoms with van der Waals surface area (Å²) in [6.07, 6.45) is 18.6. The van der Waals surface area contributed by atoms with E-state index in [0.29, 0.717) is 53.4 Å². The molecule has 256 valence electrons. The van der Waals surface area contributed by atoms with Crippen molar-refractivity contribution in [1.29, 1.82) is 0 Å². The Morgan fingerprint density at radius 2 is 0.864 bits per heavy atom. The maximum absolute atomic E-state index is 13.0. The highest BCUT2D eigenvalue weighted by molar-refractivity contribution is 8.23. The summed E-state index contributed by atoms with van der Waals surface area (Å²) in [5, 5.41) is 0.557. The van der Waals surface area contributed by atoms with Crippen LogP contribution in [0.2, 0.25) is 0 Å². The van der Waals surface area contributed by atoms with Gasteiger partial charge in [-0.2, -0.15) is 0 Å². The van der Waals surface area contributed by atoms with Crippen LogP contribution in [0.4, 0.5) is 0 Å². The molecule has 0 spiro atoms. The summed E-state index contributed by atoms with van der Waals surface area (Å²) >= 11 is 14.0. The number of ketones is 1. The number of Topliss-reactive ketones (excluding diaryl/α,β-unsaturated/α-hetero) is 1. The molecule has 44 heavy (non-hydrogen) atoms. The summed E-state index contributed by atoms with van der Waals surface area (Å²) < 4.78 is 21.6. The average molecular weight is 695 g/mol. The third-order valence-electron chi connectivity index (χ3n) is 7.31. The molecule has 2 unspecified atom stereocenters. The van der Waals surface area contributed by atoms with Crippen LogP contribution in [0, 0.1) is 0 Å². The van der Waals surface area contributed by atoms with Gasteiger partial charge in [0, 0.05) is 36.2 Å². The Hall–Kier alpha value is -0.910. The number of unbranched alkanes of at least 4 members (excludes halogenated alkanes) is 10. The molecule has 0 amide bonds. The van der Waals surface area contributed by atoms with Gasteiger partial charge in [0.2, 0.25) is 8.77 Å². The largest absolute Gasteiger partial charge is 0.479 e. The fraction of sp³-hybridized carbons (Fsp3) is 0.848. The van der Waals surface area contributed by atoms with E-state index in [0.717, 1.165) is 103 Å². The molecular weight excluding hydrogens is 637 g/mol. The fourth-order valence-corrected chi connectivity index (χ4v) is 7.78. The van der Waals surface area contributed by atoms with Crippen LogP contribution in [-0.2, 0) is 33.3 Å². The van der Waals surface area contributed by atoms with Gasteiger partial charge in [-0.05, 0) is 76.8 Å². The summed E-state index contributed by atoms with van der Waals surface area (Å²) in [5.41, 5.74) is 0. The quantitative estimate of drug-likeness (QED) is 0.0446. The molecule has 7 nitrogen and oxygen atoms in total. The van der Waals surface area contributed by atoms with Crippen molar-refractivity contribution in [2.45, 2.75) is 153 Å². The summed E-state index contributed by atoms with van der Waals surface area (Å²) in [7, 11) is 2.86. The first-order chi connectivity index (χ1) is 21.2. The SMILES string of the molecule is CCOC(=S)SC(CCCCCCCCC(=O)OC)CCC(=O)CCC(CCCCCCCCC(=O)OC)SC(=S)OCC. The second kappa shape index (κ2) is 30.7. The Morgan fingerprint density at radius 1 is 0.523 bits per heavy atom. The lowest BCUT2D eigenvalue weighted by molar-refractivity contribution is -0.141. The predicted octanol–water partition coefficient (Wildman–Crippen LogP) is 9.55. The minimum atomic E-state index is -0.135. The number of carbonyl (C=O) groups is 3. The number of ether oxygens (including phenoxy) is 4. The van der Waals surface area contributed by atoms with Crippen LogP contribution in [0.3, 0.4) is 0 Å². The van der Waals surface area contributed by atoms with Gasteiger partial charge in [-0.3, -0.25) is 14.4 Å². The molecule has 2 atom stereocenters. The Morgan fingerprint density at radius 3 is 1.20 bits per heavy atom. The van der Waals surface area contributed by atoms with E-state index in [1.54, 1.807) is 23.5 Å². The molecule has 11 heteroatoms. The summed E-state index contributed by atoms with van der Waals surface area (Å²) in [6.45, 7) is 4.98. The van der Waals surface area contributed by atoms with E-state index in [1.807, 2.05) is 13.8 Å². The van der Waals surface area contributed by atoms with Crippen molar-refractivity contribution in [3.8, 4) is 0 Å². The van der Waals surface area contributed by atoms with Crippen LogP contribution in [0.25, 0.3) is 0 Å². The zero-order chi connectivity index (χ0) is 32.8. The highest BCUT2D eigenvalue weighted by atomic mass is 32.2. The highest BCUT2D eigenvalue weighted by Gasteiger charge is 2.18. The van der Waals surface area contributed by atoms with Crippen LogP contribution in [0.5, 0.6) is 0 Å². The third kappa shape index (κ3) is 27.4. The van der Waals surface area contributed by atoms with Crippen LogP contribution >= 0.6 is 48.0 Å². The highest BCUT2D eigenvalue weighted by Crippen LogP contribution is 2.28. The van der Waals surface area contributed by atoms with E-state index in [1.165, 1.54) is 14.2 Å². The topological polar surface area (TPSA) is 88.1 Å². The number of hydrogen-bond acceptors (Lipinski definition) is 11. The summed E-state index contributed by atoms with van der Waals surface area (Å²) in [5.74, 6) is 0.0246. The van der Waals surface area contributed by atoms with Gasteiger partial charge >= 0.3 is 11.9 Å². The number of hydrogen-bond donors (Lipinski definition) is 0. The van der Waals surface area contributed by atoms with Crippen molar-refractivity contribution in [1.82, 2.24) is 0 Å². The predicted molar refractivity (Wildman–Crippen MR) is 193 cm³/mol. The lowest BCUT2D eigenvalue weighted by Gasteiger charge is -2.18. The maximum atomic E-state index is 13.0. The summed E-state index contributed by atoms with van der Waals surface area (Å²) in [6, 6.07) is 0. The molecule has 0 heterocycles. The third-order valence-corrected chi connectivity index (χ3v) is 10.4. The van der Waals surface area contributed by atoms with E-state index < -0.39 is 0 Å². The molecule has 0 saturated carbocycles. The van der Waals surface area contributed by atoms with Gasteiger partial charge in [-0.1, -0.05) is 87.7 Å².